The zero-order chi connectivity index (χ0) is 30.8. The summed E-state index contributed by atoms with van der Waals surface area (Å²) in [7, 11) is -9.75. The van der Waals surface area contributed by atoms with Crippen molar-refractivity contribution in [1.29, 1.82) is 0 Å². The summed E-state index contributed by atoms with van der Waals surface area (Å²) in [6.07, 6.45) is 8.62. The Kier molecular flexibility index (Phi) is 20.3. The Morgan fingerprint density at radius 1 is 0.575 bits per heavy atom. The summed E-state index contributed by atoms with van der Waals surface area (Å²) in [5.74, 6) is -2.20. The first-order chi connectivity index (χ1) is 18.4. The van der Waals surface area contributed by atoms with Gasteiger partial charge in [0.25, 0.3) is 0 Å². The minimum atomic E-state index is -1.93. The minimum absolute atomic E-state index is 0.227. The number of unbranched alkanes of at least 4 members (excludes halogenated alkanes) is 6. The van der Waals surface area contributed by atoms with Gasteiger partial charge in [-0.1, -0.05) is 45.1 Å². The number of carboxylic acids is 3. The van der Waals surface area contributed by atoms with Gasteiger partial charge in [-0.3, -0.25) is 14.4 Å². The Hall–Kier alpha value is -0.409. The molecule has 15 heteroatoms. The van der Waals surface area contributed by atoms with Crippen LogP contribution in [-0.4, -0.2) is 84.1 Å². The maximum Gasteiger partial charge on any atom is 0.303 e. The largest absolute Gasteiger partial charge is 0.481 e. The van der Waals surface area contributed by atoms with E-state index < -0.39 is 68.8 Å². The molecule has 0 aromatic rings. The number of carboxylic acid groups (broad SMARTS) is 3. The third kappa shape index (κ3) is 23.2. The molecule has 0 heterocycles. The lowest BCUT2D eigenvalue weighted by molar-refractivity contribution is -0.138. The van der Waals surface area contributed by atoms with Gasteiger partial charge in [0.1, 0.15) is 0 Å². The van der Waals surface area contributed by atoms with Gasteiger partial charge in [0, 0.05) is 19.3 Å². The molecule has 0 saturated carbocycles. The van der Waals surface area contributed by atoms with Crippen LogP contribution in [0, 0.1) is 0 Å². The van der Waals surface area contributed by atoms with Crippen LogP contribution in [0.1, 0.15) is 77.0 Å². The third-order valence-corrected chi connectivity index (χ3v) is 42.1. The fourth-order valence-corrected chi connectivity index (χ4v) is 49.7. The van der Waals surface area contributed by atoms with Gasteiger partial charge in [-0.05, 0) is 76.7 Å². The number of hydrogen-bond acceptors (Lipinski definition) is 6. The lowest BCUT2D eigenvalue weighted by Crippen LogP contribution is -2.56. The van der Waals surface area contributed by atoms with Crippen LogP contribution in [0.4, 0.5) is 0 Å². The molecule has 236 valence electrons. The van der Waals surface area contributed by atoms with E-state index in [1.165, 1.54) is 0 Å². The van der Waals surface area contributed by atoms with E-state index in [9.17, 15) is 14.4 Å². The molecule has 0 radical (unpaired) electrons. The minimum Gasteiger partial charge on any atom is -0.481 e. The van der Waals surface area contributed by atoms with Crippen LogP contribution in [0.15, 0.2) is 0 Å². The SMILES string of the molecule is C[SiH](O[Si](C)(C)CCCCCC(=O)O)[SiH](O[Si](C)(C)CCCCCC(=O)O)[SiH2]O[Si](C)(C)CCCCCC(=O)O. The highest BCUT2D eigenvalue weighted by Gasteiger charge is 2.37. The van der Waals surface area contributed by atoms with E-state index >= 15 is 0 Å². The second-order valence-electron chi connectivity index (χ2n) is 12.9. The van der Waals surface area contributed by atoms with E-state index in [1.807, 2.05) is 0 Å². The molecule has 0 spiro atoms. The molecule has 40 heavy (non-hydrogen) atoms. The summed E-state index contributed by atoms with van der Waals surface area (Å²) in [6.45, 7) is 16.0. The number of carbonyl (C=O) groups is 3. The third-order valence-electron chi connectivity index (χ3n) is 7.15. The zero-order valence-corrected chi connectivity index (χ0v) is 33.0. The van der Waals surface area contributed by atoms with Crippen LogP contribution in [0.3, 0.4) is 0 Å². The quantitative estimate of drug-likeness (QED) is 0.0824. The van der Waals surface area contributed by atoms with Gasteiger partial charge in [-0.25, -0.2) is 0 Å². The lowest BCUT2D eigenvalue weighted by atomic mass is 10.2. The number of aliphatic carboxylic acids is 3. The highest BCUT2D eigenvalue weighted by molar-refractivity contribution is 7.42. The summed E-state index contributed by atoms with van der Waals surface area (Å²) in [5, 5.41) is 26.7. The van der Waals surface area contributed by atoms with Crippen molar-refractivity contribution in [2.75, 3.05) is 0 Å². The molecule has 0 bridgehead atoms. The van der Waals surface area contributed by atoms with Crippen LogP contribution in [0.2, 0.25) is 64.0 Å². The van der Waals surface area contributed by atoms with E-state index in [1.54, 1.807) is 0 Å². The van der Waals surface area contributed by atoms with Crippen molar-refractivity contribution >= 4 is 68.8 Å². The molecule has 0 aromatic carbocycles. The molecule has 0 aliphatic heterocycles. The maximum absolute atomic E-state index is 10.8. The highest BCUT2D eigenvalue weighted by atomic mass is 29.6. The summed E-state index contributed by atoms with van der Waals surface area (Å²) in [5.41, 5.74) is 0. The van der Waals surface area contributed by atoms with E-state index in [4.69, 9.17) is 27.7 Å². The van der Waals surface area contributed by atoms with Gasteiger partial charge in [-0.2, -0.15) is 0 Å². The van der Waals surface area contributed by atoms with Crippen molar-refractivity contribution in [3.8, 4) is 0 Å². The summed E-state index contributed by atoms with van der Waals surface area (Å²) < 4.78 is 20.7. The summed E-state index contributed by atoms with van der Waals surface area (Å²) >= 11 is 0. The molecule has 2 atom stereocenters. The fraction of sp³-hybridized carbons (Fsp3) is 0.880. The second kappa shape index (κ2) is 20.5. The fourth-order valence-electron chi connectivity index (χ4n) is 4.76. The van der Waals surface area contributed by atoms with Crippen molar-refractivity contribution in [1.82, 2.24) is 0 Å². The van der Waals surface area contributed by atoms with E-state index in [0.29, 0.717) is 6.42 Å². The Morgan fingerprint density at radius 2 is 0.925 bits per heavy atom. The van der Waals surface area contributed by atoms with E-state index in [-0.39, 0.29) is 19.3 Å². The van der Waals surface area contributed by atoms with Crippen molar-refractivity contribution < 1.29 is 42.0 Å². The Morgan fingerprint density at radius 3 is 1.30 bits per heavy atom. The highest BCUT2D eigenvalue weighted by Crippen LogP contribution is 2.23. The molecule has 0 aliphatic carbocycles. The predicted octanol–water partition coefficient (Wildman–Crippen LogP) is 5.32. The van der Waals surface area contributed by atoms with Gasteiger partial charge >= 0.3 is 17.9 Å². The van der Waals surface area contributed by atoms with Crippen LogP contribution in [-0.2, 0) is 26.7 Å². The van der Waals surface area contributed by atoms with Gasteiger partial charge < -0.3 is 27.7 Å². The summed E-state index contributed by atoms with van der Waals surface area (Å²) in [4.78, 5) is 32.4. The average molecular weight is 671 g/mol. The normalized spacial score (nSPS) is 14.5. The van der Waals surface area contributed by atoms with Gasteiger partial charge in [-0.15, -0.1) is 0 Å². The number of hydrogen-bond donors (Lipinski definition) is 3. The molecule has 0 amide bonds. The molecular weight excluding hydrogens is 613 g/mol. The van der Waals surface area contributed by atoms with Crippen molar-refractivity contribution in [3.05, 3.63) is 0 Å². The first-order valence-corrected chi connectivity index (χ1v) is 33.0. The van der Waals surface area contributed by atoms with Gasteiger partial charge in [0.15, 0.2) is 50.9 Å². The molecule has 0 aromatic heterocycles. The summed E-state index contributed by atoms with van der Waals surface area (Å²) in [6, 6.07) is 3.10. The zero-order valence-electron chi connectivity index (χ0n) is 26.3. The Balaban J connectivity index is 5.13. The predicted molar refractivity (Wildman–Crippen MR) is 177 cm³/mol. The molecule has 2 unspecified atom stereocenters. The molecule has 0 saturated heterocycles. The van der Waals surface area contributed by atoms with Crippen molar-refractivity contribution in [2.24, 2.45) is 0 Å². The average Bonchev–Trinajstić information content (AvgIpc) is 2.80. The molecule has 9 nitrogen and oxygen atoms in total. The topological polar surface area (TPSA) is 140 Å². The first kappa shape index (κ1) is 39.6. The van der Waals surface area contributed by atoms with Crippen LogP contribution >= 0.6 is 0 Å². The second-order valence-corrected chi connectivity index (χ2v) is 42.1. The lowest BCUT2D eigenvalue weighted by Gasteiger charge is -2.36. The molecule has 0 rings (SSSR count). The monoisotopic (exact) mass is 670 g/mol. The first-order valence-electron chi connectivity index (χ1n) is 15.1. The number of rotatable bonds is 26. The Labute approximate surface area is 251 Å². The smallest absolute Gasteiger partial charge is 0.303 e. The van der Waals surface area contributed by atoms with Crippen LogP contribution < -0.4 is 0 Å². The van der Waals surface area contributed by atoms with Crippen molar-refractivity contribution in [2.45, 2.75) is 141 Å². The van der Waals surface area contributed by atoms with Gasteiger partial charge in [0.2, 0.25) is 0 Å². The van der Waals surface area contributed by atoms with Crippen LogP contribution in [0.5, 0.6) is 0 Å². The van der Waals surface area contributed by atoms with E-state index in [0.717, 1.165) is 69.5 Å². The Bertz CT molecular complexity index is 752. The molecule has 3 N–H and O–H groups in total. The standard InChI is InChI=1S/C25H58O9Si6/c1-36(33-39(4,5)21-15-9-12-18-24(28)29)37(34-40(6,7)22-16-10-13-19-25(30)31)35-32-38(2,3)20-14-8-11-17-23(26)27/h36-37H,8-22,35H2,1-7H3,(H,26,27)(H,28,29)(H,30,31). The maximum atomic E-state index is 10.8. The molecule has 0 aliphatic rings. The van der Waals surface area contributed by atoms with Gasteiger partial charge in [0.05, 0.1) is 0 Å². The van der Waals surface area contributed by atoms with Crippen molar-refractivity contribution in [3.63, 3.8) is 0 Å². The molecule has 0 fully saturated rings. The molecular formula is C25H58O9Si6. The van der Waals surface area contributed by atoms with E-state index in [2.05, 4.69) is 45.8 Å². The van der Waals surface area contributed by atoms with Crippen LogP contribution in [0.25, 0.3) is 0 Å².